The van der Waals surface area contributed by atoms with Gasteiger partial charge in [0.1, 0.15) is 5.71 Å². The molecule has 324 valence electrons. The highest BCUT2D eigenvalue weighted by Gasteiger charge is 2.14. The van der Waals surface area contributed by atoms with E-state index >= 15 is 0 Å². The summed E-state index contributed by atoms with van der Waals surface area (Å²) in [7, 11) is -1.26. The topological polar surface area (TPSA) is 24.7 Å². The van der Waals surface area contributed by atoms with Crippen molar-refractivity contribution in [2.45, 2.75) is 240 Å². The third kappa shape index (κ3) is 27.9. The molecule has 0 saturated carbocycles. The van der Waals surface area contributed by atoms with Crippen LogP contribution in [0.3, 0.4) is 0 Å². The summed E-state index contributed by atoms with van der Waals surface area (Å²) in [5.41, 5.74) is 7.54. The van der Waals surface area contributed by atoms with Crippen LogP contribution in [0.2, 0.25) is 19.6 Å². The van der Waals surface area contributed by atoms with Crippen LogP contribution >= 0.6 is 0 Å². The van der Waals surface area contributed by atoms with E-state index in [0.717, 1.165) is 48.1 Å². The van der Waals surface area contributed by atoms with Crippen LogP contribution in [0.25, 0.3) is 0 Å². The number of aryl methyl sites for hydroxylation is 2. The number of nitrogens with zero attached hydrogens (tertiary/aromatic N) is 2. The van der Waals surface area contributed by atoms with Crippen molar-refractivity contribution >= 4 is 30.9 Å². The first-order valence-electron chi connectivity index (χ1n) is 24.7. The molecule has 0 aliphatic carbocycles. The zero-order valence-corrected chi connectivity index (χ0v) is 40.3. The van der Waals surface area contributed by atoms with Gasteiger partial charge in [-0.3, -0.25) is 0 Å². The summed E-state index contributed by atoms with van der Waals surface area (Å²) < 4.78 is 0. The Kier molecular flexibility index (Phi) is 30.2. The van der Waals surface area contributed by atoms with Crippen LogP contribution in [0, 0.1) is 25.7 Å². The quantitative estimate of drug-likeness (QED) is 0.0291. The molecule has 0 aromatic heterocycles. The van der Waals surface area contributed by atoms with Crippen LogP contribution in [0.4, 0.5) is 11.4 Å². The number of aliphatic imine (C=N–C) groups is 2. The Hall–Kier alpha value is -2.70. The number of rotatable bonds is 34. The SMILES string of the molecule is CCCCCCCCCCCCC/C=C/C(=Nc1cccc(C[Si](C)(C)C)c1)C(C#CCCCCCCCCCCCCCCCCCC)=Nc1ccc(C)c(C)c1. The summed E-state index contributed by atoms with van der Waals surface area (Å²) in [5, 5.41) is 0. The van der Waals surface area contributed by atoms with Crippen LogP contribution < -0.4 is 0 Å². The summed E-state index contributed by atoms with van der Waals surface area (Å²) in [6.07, 6.45) is 43.7. The van der Waals surface area contributed by atoms with Gasteiger partial charge in [0.25, 0.3) is 0 Å². The van der Waals surface area contributed by atoms with Gasteiger partial charge in [-0.2, -0.15) is 0 Å². The summed E-state index contributed by atoms with van der Waals surface area (Å²) in [6.45, 7) is 16.3. The number of benzene rings is 2. The second-order valence-electron chi connectivity index (χ2n) is 18.7. The molecule has 0 aliphatic rings. The molecular weight excluding hydrogens is 717 g/mol. The maximum absolute atomic E-state index is 5.29. The standard InChI is InChI=1S/C55H90N2Si/c1-8-10-12-14-16-18-20-22-23-24-25-26-28-30-32-34-36-38-43-55(57-53-45-44-49(3)50(4)46-53)54(56-52-41-39-40-51(47-52)48-58(5,6)7)42-37-35-33-31-29-27-21-19-17-15-13-11-9-2/h37,39-42,44-47H,8-36,48H2,1-7H3/b42-37+,56-54?,57-55?. The number of hydrogen-bond donors (Lipinski definition) is 0. The van der Waals surface area contributed by atoms with Gasteiger partial charge in [0.2, 0.25) is 0 Å². The van der Waals surface area contributed by atoms with Gasteiger partial charge in [0.15, 0.2) is 0 Å². The van der Waals surface area contributed by atoms with Gasteiger partial charge in [-0.25, -0.2) is 9.98 Å². The Morgan fingerprint density at radius 2 is 1.02 bits per heavy atom. The minimum Gasteiger partial charge on any atom is -0.246 e. The van der Waals surface area contributed by atoms with Crippen molar-refractivity contribution in [1.82, 2.24) is 0 Å². The number of allylic oxidation sites excluding steroid dienone is 2. The Labute approximate surface area is 362 Å². The average molecular weight is 807 g/mol. The fourth-order valence-electron chi connectivity index (χ4n) is 7.76. The van der Waals surface area contributed by atoms with E-state index in [2.05, 4.69) is 114 Å². The lowest BCUT2D eigenvalue weighted by atomic mass is 10.0. The summed E-state index contributed by atoms with van der Waals surface area (Å²) >= 11 is 0. The third-order valence-electron chi connectivity index (χ3n) is 11.5. The molecule has 2 aromatic rings. The van der Waals surface area contributed by atoms with Crippen LogP contribution in [0.15, 0.2) is 64.6 Å². The molecule has 0 aliphatic heterocycles. The summed E-state index contributed by atoms with van der Waals surface area (Å²) in [5.74, 6) is 7.10. The molecule has 58 heavy (non-hydrogen) atoms. The summed E-state index contributed by atoms with van der Waals surface area (Å²) in [4.78, 5) is 10.5. The minimum atomic E-state index is -1.26. The molecule has 0 fully saturated rings. The highest BCUT2D eigenvalue weighted by Crippen LogP contribution is 2.22. The van der Waals surface area contributed by atoms with Gasteiger partial charge in [0, 0.05) is 14.5 Å². The second-order valence-corrected chi connectivity index (χ2v) is 24.2. The predicted octanol–water partition coefficient (Wildman–Crippen LogP) is 18.5. The van der Waals surface area contributed by atoms with E-state index in [1.54, 1.807) is 0 Å². The van der Waals surface area contributed by atoms with Crippen molar-refractivity contribution in [2.24, 2.45) is 9.98 Å². The molecule has 0 unspecified atom stereocenters. The molecule has 0 atom stereocenters. The Morgan fingerprint density at radius 3 is 1.52 bits per heavy atom. The molecule has 0 N–H and O–H groups in total. The molecule has 0 amide bonds. The van der Waals surface area contributed by atoms with Gasteiger partial charge >= 0.3 is 0 Å². The zero-order chi connectivity index (χ0) is 41.9. The molecule has 2 rings (SSSR count). The van der Waals surface area contributed by atoms with E-state index in [1.165, 1.54) is 184 Å². The van der Waals surface area contributed by atoms with Crippen molar-refractivity contribution in [3.8, 4) is 11.8 Å². The maximum Gasteiger partial charge on any atom is 0.139 e. The van der Waals surface area contributed by atoms with Crippen LogP contribution in [-0.4, -0.2) is 19.5 Å². The number of unbranched alkanes of at least 4 members (excludes halogenated alkanes) is 27. The van der Waals surface area contributed by atoms with Crippen molar-refractivity contribution < 1.29 is 0 Å². The van der Waals surface area contributed by atoms with E-state index in [-0.39, 0.29) is 0 Å². The first kappa shape index (κ1) is 51.4. The third-order valence-corrected chi connectivity index (χ3v) is 12.9. The molecule has 0 bridgehead atoms. The van der Waals surface area contributed by atoms with Crippen molar-refractivity contribution in [2.75, 3.05) is 0 Å². The first-order chi connectivity index (χ1) is 28.2. The molecule has 0 heterocycles. The lowest BCUT2D eigenvalue weighted by Crippen LogP contribution is -2.23. The van der Waals surface area contributed by atoms with Gasteiger partial charge in [-0.05, 0) is 92.1 Å². The maximum atomic E-state index is 5.29. The predicted molar refractivity (Wildman–Crippen MR) is 266 cm³/mol. The molecule has 0 saturated heterocycles. The van der Waals surface area contributed by atoms with E-state index in [0.29, 0.717) is 0 Å². The first-order valence-corrected chi connectivity index (χ1v) is 28.4. The molecule has 3 heteroatoms. The zero-order valence-electron chi connectivity index (χ0n) is 39.3. The smallest absolute Gasteiger partial charge is 0.139 e. The highest BCUT2D eigenvalue weighted by molar-refractivity contribution is 6.75. The largest absolute Gasteiger partial charge is 0.246 e. The second kappa shape index (κ2) is 34.1. The molecule has 0 radical (unpaired) electrons. The van der Waals surface area contributed by atoms with Crippen molar-refractivity contribution in [3.63, 3.8) is 0 Å². The minimum absolute atomic E-state index is 0.783. The Morgan fingerprint density at radius 1 is 0.534 bits per heavy atom. The fourth-order valence-corrected chi connectivity index (χ4v) is 9.20. The Balaban J connectivity index is 2.02. The van der Waals surface area contributed by atoms with Crippen LogP contribution in [-0.2, 0) is 6.04 Å². The van der Waals surface area contributed by atoms with E-state index in [4.69, 9.17) is 9.98 Å². The van der Waals surface area contributed by atoms with E-state index < -0.39 is 8.07 Å². The van der Waals surface area contributed by atoms with Crippen LogP contribution in [0.1, 0.15) is 217 Å². The fraction of sp³-hybridized carbons (Fsp3) is 0.673. The van der Waals surface area contributed by atoms with Gasteiger partial charge < -0.3 is 0 Å². The molecule has 2 nitrogen and oxygen atoms in total. The van der Waals surface area contributed by atoms with Crippen molar-refractivity contribution in [3.05, 3.63) is 71.3 Å². The monoisotopic (exact) mass is 807 g/mol. The molecular formula is C55H90N2Si. The summed E-state index contributed by atoms with van der Waals surface area (Å²) in [6, 6.07) is 16.5. The Bertz CT molecular complexity index is 1480. The lowest BCUT2D eigenvalue weighted by Gasteiger charge is -2.15. The lowest BCUT2D eigenvalue weighted by molar-refractivity contribution is 0.530. The van der Waals surface area contributed by atoms with Gasteiger partial charge in [-0.15, -0.1) is 0 Å². The van der Waals surface area contributed by atoms with E-state index in [1.807, 2.05) is 0 Å². The van der Waals surface area contributed by atoms with Gasteiger partial charge in [0.05, 0.1) is 17.1 Å². The number of hydrogen-bond acceptors (Lipinski definition) is 2. The molecule has 2 aromatic carbocycles. The van der Waals surface area contributed by atoms with E-state index in [9.17, 15) is 0 Å². The normalized spacial score (nSPS) is 12.4. The molecule has 0 spiro atoms. The van der Waals surface area contributed by atoms with Crippen LogP contribution in [0.5, 0.6) is 0 Å². The average Bonchev–Trinajstić information content (AvgIpc) is 3.19. The van der Waals surface area contributed by atoms with Gasteiger partial charge in [-0.1, -0.05) is 224 Å². The highest BCUT2D eigenvalue weighted by atomic mass is 28.3. The van der Waals surface area contributed by atoms with Crippen molar-refractivity contribution in [1.29, 1.82) is 0 Å².